The molecule has 1 aromatic heterocycles. The molecule has 1 amide bonds. The summed E-state index contributed by atoms with van der Waals surface area (Å²) >= 11 is 1.12. The number of rotatable bonds is 10. The summed E-state index contributed by atoms with van der Waals surface area (Å²) in [7, 11) is 1.55. The largest absolute Gasteiger partial charge is 0.493 e. The maximum absolute atomic E-state index is 13.0. The van der Waals surface area contributed by atoms with Gasteiger partial charge in [0, 0.05) is 35.9 Å². The zero-order chi connectivity index (χ0) is 27.3. The van der Waals surface area contributed by atoms with Gasteiger partial charge in [-0.05, 0) is 58.9 Å². The first kappa shape index (κ1) is 28.5. The number of halogens is 3. The molecule has 0 unspecified atom stereocenters. The highest BCUT2D eigenvalue weighted by atomic mass is 32.1. The highest BCUT2D eigenvalue weighted by molar-refractivity contribution is 7.17. The molecule has 0 atom stereocenters. The van der Waals surface area contributed by atoms with Gasteiger partial charge in [0.1, 0.15) is 16.5 Å². The molecule has 37 heavy (non-hydrogen) atoms. The fourth-order valence-electron chi connectivity index (χ4n) is 3.96. The van der Waals surface area contributed by atoms with Gasteiger partial charge in [0.15, 0.2) is 11.5 Å². The molecule has 0 radical (unpaired) electrons. The van der Waals surface area contributed by atoms with Crippen LogP contribution in [0.5, 0.6) is 11.5 Å². The van der Waals surface area contributed by atoms with Gasteiger partial charge in [-0.1, -0.05) is 12.1 Å². The van der Waals surface area contributed by atoms with E-state index in [1.54, 1.807) is 32.2 Å². The van der Waals surface area contributed by atoms with Crippen molar-refractivity contribution in [2.24, 2.45) is 0 Å². The third-order valence-corrected chi connectivity index (χ3v) is 7.02. The van der Waals surface area contributed by atoms with E-state index < -0.39 is 11.7 Å². The van der Waals surface area contributed by atoms with E-state index in [1.165, 1.54) is 12.1 Å². The van der Waals surface area contributed by atoms with Crippen LogP contribution in [-0.2, 0) is 6.18 Å². The average Bonchev–Trinajstić information content (AvgIpc) is 3.22. The number of nitrogens with one attached hydrogen (secondary N) is 1. The van der Waals surface area contributed by atoms with Crippen molar-refractivity contribution in [1.29, 1.82) is 0 Å². The van der Waals surface area contributed by atoms with Crippen molar-refractivity contribution in [2.45, 2.75) is 52.9 Å². The predicted molar refractivity (Wildman–Crippen MR) is 141 cm³/mol. The van der Waals surface area contributed by atoms with E-state index in [0.717, 1.165) is 30.0 Å². The number of carbonyl (C=O) groups is 1. The average molecular weight is 536 g/mol. The predicted octanol–water partition coefficient (Wildman–Crippen LogP) is 6.90. The lowest BCUT2D eigenvalue weighted by atomic mass is 10.1. The number of aromatic nitrogens is 1. The number of hydrogen-bond donors (Lipinski definition) is 1. The van der Waals surface area contributed by atoms with Crippen molar-refractivity contribution in [3.8, 4) is 22.1 Å². The summed E-state index contributed by atoms with van der Waals surface area (Å²) < 4.78 is 50.0. The molecule has 0 aliphatic rings. The van der Waals surface area contributed by atoms with Gasteiger partial charge >= 0.3 is 6.18 Å². The Kier molecular flexibility index (Phi) is 9.20. The zero-order valence-electron chi connectivity index (χ0n) is 21.8. The lowest BCUT2D eigenvalue weighted by Gasteiger charge is -2.30. The molecular formula is C27H32F3N3O3S. The van der Waals surface area contributed by atoms with E-state index in [4.69, 9.17) is 9.47 Å². The maximum atomic E-state index is 13.0. The lowest BCUT2D eigenvalue weighted by Crippen LogP contribution is -2.39. The second-order valence-corrected chi connectivity index (χ2v) is 10.1. The molecule has 0 saturated heterocycles. The molecule has 0 aliphatic carbocycles. The fourth-order valence-corrected chi connectivity index (χ4v) is 4.93. The standard InChI is InChI=1S/C27H32F3N3O3S/c1-16(2)33(17(3)4)13-14-36-23-15-21(11-12-22(23)35-6)32-25(34)24-18(5)31-26(37-24)19-7-9-20(10-8-19)27(28,29)30/h7-12,15-17H,13-14H2,1-6H3,(H,32,34). The summed E-state index contributed by atoms with van der Waals surface area (Å²) in [5.41, 5.74) is 0.789. The van der Waals surface area contributed by atoms with Crippen LogP contribution in [0.4, 0.5) is 18.9 Å². The Morgan fingerprint density at radius 2 is 1.70 bits per heavy atom. The third kappa shape index (κ3) is 7.23. The van der Waals surface area contributed by atoms with Crippen LogP contribution < -0.4 is 14.8 Å². The van der Waals surface area contributed by atoms with Crippen LogP contribution in [0.1, 0.15) is 48.6 Å². The number of amides is 1. The monoisotopic (exact) mass is 535 g/mol. The Hall–Kier alpha value is -3.11. The molecule has 1 N–H and O–H groups in total. The first-order chi connectivity index (χ1) is 17.4. The second-order valence-electron chi connectivity index (χ2n) is 9.10. The Labute approximate surface area is 219 Å². The molecule has 0 spiro atoms. The number of thiazole rings is 1. The van der Waals surface area contributed by atoms with E-state index in [0.29, 0.717) is 57.0 Å². The molecule has 0 saturated carbocycles. The van der Waals surface area contributed by atoms with Gasteiger partial charge in [0.2, 0.25) is 0 Å². The summed E-state index contributed by atoms with van der Waals surface area (Å²) in [4.78, 5) is 20.1. The fraction of sp³-hybridized carbons (Fsp3) is 0.407. The quantitative estimate of drug-likeness (QED) is 0.306. The Balaban J connectivity index is 1.73. The smallest absolute Gasteiger partial charge is 0.416 e. The van der Waals surface area contributed by atoms with Crippen LogP contribution in [0.3, 0.4) is 0 Å². The molecule has 2 aromatic carbocycles. The molecule has 10 heteroatoms. The van der Waals surface area contributed by atoms with Crippen LogP contribution in [0, 0.1) is 6.92 Å². The van der Waals surface area contributed by atoms with Crippen LogP contribution in [0.15, 0.2) is 42.5 Å². The number of nitrogens with zero attached hydrogens (tertiary/aromatic N) is 2. The molecule has 6 nitrogen and oxygen atoms in total. The third-order valence-electron chi connectivity index (χ3n) is 5.82. The lowest BCUT2D eigenvalue weighted by molar-refractivity contribution is -0.137. The van der Waals surface area contributed by atoms with Gasteiger partial charge in [0.05, 0.1) is 18.4 Å². The van der Waals surface area contributed by atoms with E-state index in [-0.39, 0.29) is 5.91 Å². The molecule has 0 bridgehead atoms. The van der Waals surface area contributed by atoms with Crippen molar-refractivity contribution in [3.05, 3.63) is 58.6 Å². The van der Waals surface area contributed by atoms with E-state index in [2.05, 4.69) is 42.9 Å². The van der Waals surface area contributed by atoms with Crippen molar-refractivity contribution < 1.29 is 27.4 Å². The minimum atomic E-state index is -4.41. The molecular weight excluding hydrogens is 503 g/mol. The van der Waals surface area contributed by atoms with E-state index >= 15 is 0 Å². The number of ether oxygens (including phenoxy) is 2. The van der Waals surface area contributed by atoms with Gasteiger partial charge in [-0.2, -0.15) is 13.2 Å². The molecule has 200 valence electrons. The number of anilines is 1. The van der Waals surface area contributed by atoms with Gasteiger partial charge in [-0.25, -0.2) is 4.98 Å². The number of benzene rings is 2. The SMILES string of the molecule is COc1ccc(NC(=O)c2sc(-c3ccc(C(F)(F)F)cc3)nc2C)cc1OCCN(C(C)C)C(C)C. The van der Waals surface area contributed by atoms with Crippen molar-refractivity contribution >= 4 is 22.9 Å². The number of hydrogen-bond acceptors (Lipinski definition) is 6. The normalized spacial score (nSPS) is 11.9. The second kappa shape index (κ2) is 12.0. The van der Waals surface area contributed by atoms with Crippen LogP contribution in [0.25, 0.3) is 10.6 Å². The Morgan fingerprint density at radius 3 is 2.27 bits per heavy atom. The summed E-state index contributed by atoms with van der Waals surface area (Å²) in [6.45, 7) is 11.4. The molecule has 1 heterocycles. The molecule has 3 rings (SSSR count). The van der Waals surface area contributed by atoms with Gasteiger partial charge < -0.3 is 14.8 Å². The first-order valence-electron chi connectivity index (χ1n) is 11.9. The summed E-state index contributed by atoms with van der Waals surface area (Å²) in [5, 5.41) is 3.32. The number of alkyl halides is 3. The minimum absolute atomic E-state index is 0.366. The highest BCUT2D eigenvalue weighted by Crippen LogP contribution is 2.34. The van der Waals surface area contributed by atoms with E-state index in [9.17, 15) is 18.0 Å². The van der Waals surface area contributed by atoms with Crippen LogP contribution in [-0.4, -0.2) is 48.1 Å². The molecule has 3 aromatic rings. The number of methoxy groups -OCH3 is 1. The minimum Gasteiger partial charge on any atom is -0.493 e. The summed E-state index contributed by atoms with van der Waals surface area (Å²) in [5.74, 6) is 0.700. The molecule has 0 fully saturated rings. The highest BCUT2D eigenvalue weighted by Gasteiger charge is 2.30. The van der Waals surface area contributed by atoms with Crippen molar-refractivity contribution in [3.63, 3.8) is 0 Å². The van der Waals surface area contributed by atoms with Gasteiger partial charge in [0.25, 0.3) is 5.91 Å². The topological polar surface area (TPSA) is 63.7 Å². The number of carbonyl (C=O) groups excluding carboxylic acids is 1. The van der Waals surface area contributed by atoms with Crippen molar-refractivity contribution in [2.75, 3.05) is 25.6 Å². The number of aryl methyl sites for hydroxylation is 1. The zero-order valence-corrected chi connectivity index (χ0v) is 22.6. The van der Waals surface area contributed by atoms with Crippen molar-refractivity contribution in [1.82, 2.24) is 9.88 Å². The Bertz CT molecular complexity index is 1200. The molecule has 0 aliphatic heterocycles. The van der Waals surface area contributed by atoms with E-state index in [1.807, 2.05) is 0 Å². The first-order valence-corrected chi connectivity index (χ1v) is 12.7. The summed E-state index contributed by atoms with van der Waals surface area (Å²) in [6.07, 6.45) is -4.41. The summed E-state index contributed by atoms with van der Waals surface area (Å²) in [6, 6.07) is 10.6. The van der Waals surface area contributed by atoms with Gasteiger partial charge in [-0.3, -0.25) is 9.69 Å². The maximum Gasteiger partial charge on any atom is 0.416 e. The Morgan fingerprint density at radius 1 is 1.05 bits per heavy atom. The van der Waals surface area contributed by atoms with Crippen LogP contribution >= 0.6 is 11.3 Å². The van der Waals surface area contributed by atoms with Gasteiger partial charge in [-0.15, -0.1) is 11.3 Å². The van der Waals surface area contributed by atoms with Crippen LogP contribution in [0.2, 0.25) is 0 Å².